The first-order valence-corrected chi connectivity index (χ1v) is 25.6. The van der Waals surface area contributed by atoms with Gasteiger partial charge in [-0.15, -0.1) is 37.2 Å². The number of hydrogen-bond acceptors (Lipinski definition) is 13. The van der Waals surface area contributed by atoms with E-state index in [1.54, 1.807) is 60.7 Å². The molecule has 3 fully saturated rings. The van der Waals surface area contributed by atoms with Gasteiger partial charge in [-0.25, -0.2) is 4.79 Å². The minimum Gasteiger partial charge on any atom is -0.480 e. The zero-order valence-corrected chi connectivity index (χ0v) is 46.2. The van der Waals surface area contributed by atoms with Crippen molar-refractivity contribution < 1.29 is 53.4 Å². The summed E-state index contributed by atoms with van der Waals surface area (Å²) in [5, 5.41) is 33.3. The van der Waals surface area contributed by atoms with E-state index >= 15 is 0 Å². The third-order valence-corrected chi connectivity index (χ3v) is 13.4. The molecule has 0 spiro atoms. The standard InChI is InChI=1S/C50H73N15O11.3ClH/c51-32(16-7-21-56-49(52)53)45(72)65-25-11-20-39(65)47(74)64-24-9-18-37(64)43(70)58-28-40(67)59-34(26-30-12-3-1-4-13-30)41(68)62-36(29-66)46(73)63-23-10-19-38(63)44(71)61-35(27-31-14-5-2-6-15-31)42(69)60-33(48(75)76)17-8-22-57-50(54)55;;;/h1-6,12-15,32-39,66H,7-11,16-29,51H2,(H,58,70)(H,59,67)(H,60,69)(H,61,71)(H,62,68)(H,75,76)(H4,52,53,56)(H4,54,55,57);3*1H/t32-,33-,34-,35-,36-,37-,38-,39-;;;/m0.../s1. The molecule has 8 amide bonds. The number of hydrogen-bond donors (Lipinski definition) is 12. The number of aliphatic carboxylic acids is 1. The summed E-state index contributed by atoms with van der Waals surface area (Å²) in [6.07, 6.45) is 3.13. The van der Waals surface area contributed by atoms with E-state index < -0.39 is 109 Å². The van der Waals surface area contributed by atoms with Crippen LogP contribution >= 0.6 is 37.2 Å². The molecule has 26 nitrogen and oxygen atoms in total. The molecule has 2 aromatic rings. The normalized spacial score (nSPS) is 18.3. The number of rotatable bonds is 27. The average Bonchev–Trinajstić information content (AvgIpc) is 4.25. The van der Waals surface area contributed by atoms with Crippen LogP contribution in [0.1, 0.15) is 75.3 Å². The molecule has 5 rings (SSSR count). The molecule has 0 aliphatic carbocycles. The van der Waals surface area contributed by atoms with E-state index in [1.807, 2.05) is 0 Å². The van der Waals surface area contributed by atoms with E-state index in [0.717, 1.165) is 0 Å². The van der Waals surface area contributed by atoms with Crippen LogP contribution in [-0.2, 0) is 56.0 Å². The molecule has 3 heterocycles. The number of carboxylic acid groups (broad SMARTS) is 1. The van der Waals surface area contributed by atoms with Gasteiger partial charge in [0.25, 0.3) is 0 Å². The Morgan fingerprint density at radius 2 is 1.03 bits per heavy atom. The van der Waals surface area contributed by atoms with Gasteiger partial charge in [-0.2, -0.15) is 0 Å². The number of aliphatic hydroxyl groups excluding tert-OH is 1. The minimum atomic E-state index is -1.59. The third-order valence-electron chi connectivity index (χ3n) is 13.4. The fourth-order valence-electron chi connectivity index (χ4n) is 9.55. The van der Waals surface area contributed by atoms with Crippen molar-refractivity contribution in [3.05, 3.63) is 71.8 Å². The number of guanidine groups is 2. The quantitative estimate of drug-likeness (QED) is 0.0246. The number of nitrogens with one attached hydrogen (secondary N) is 5. The number of benzene rings is 2. The lowest BCUT2D eigenvalue weighted by atomic mass is 10.0. The zero-order valence-electron chi connectivity index (χ0n) is 43.7. The Labute approximate surface area is 476 Å². The smallest absolute Gasteiger partial charge is 0.326 e. The van der Waals surface area contributed by atoms with Gasteiger partial charge in [-0.05, 0) is 75.3 Å². The fourth-order valence-corrected chi connectivity index (χ4v) is 9.55. The molecule has 79 heavy (non-hydrogen) atoms. The van der Waals surface area contributed by atoms with Gasteiger partial charge >= 0.3 is 5.97 Å². The molecule has 3 aliphatic rings. The summed E-state index contributed by atoms with van der Waals surface area (Å²) in [7, 11) is 0. The number of nitrogens with two attached hydrogens (primary N) is 5. The number of carboxylic acids is 1. The number of halogens is 3. The van der Waals surface area contributed by atoms with Crippen molar-refractivity contribution >= 4 is 102 Å². The van der Waals surface area contributed by atoms with Crippen LogP contribution in [0.5, 0.6) is 0 Å². The summed E-state index contributed by atoms with van der Waals surface area (Å²) in [5.74, 6) is -6.93. The van der Waals surface area contributed by atoms with Crippen molar-refractivity contribution in [1.29, 1.82) is 0 Å². The highest BCUT2D eigenvalue weighted by Gasteiger charge is 2.44. The molecule has 0 bridgehead atoms. The lowest BCUT2D eigenvalue weighted by Crippen LogP contribution is -2.60. The number of aliphatic imine (C=N–C) groups is 2. The molecule has 8 atom stereocenters. The molecule has 0 radical (unpaired) electrons. The monoisotopic (exact) mass is 1170 g/mol. The van der Waals surface area contributed by atoms with Gasteiger partial charge in [0.2, 0.25) is 47.3 Å². The summed E-state index contributed by atoms with van der Waals surface area (Å²) in [6.45, 7) is -0.442. The van der Waals surface area contributed by atoms with Crippen molar-refractivity contribution in [2.24, 2.45) is 38.7 Å². The van der Waals surface area contributed by atoms with Gasteiger partial charge < -0.3 is 80.2 Å². The van der Waals surface area contributed by atoms with E-state index in [2.05, 4.69) is 36.6 Å². The number of amides is 8. The van der Waals surface area contributed by atoms with Gasteiger partial charge in [-0.1, -0.05) is 60.7 Å². The molecular formula is C50H76Cl3N15O11. The molecule has 17 N–H and O–H groups in total. The van der Waals surface area contributed by atoms with Crippen LogP contribution in [0.3, 0.4) is 0 Å². The van der Waals surface area contributed by atoms with E-state index in [1.165, 1.54) is 14.7 Å². The Hall–Kier alpha value is -7.00. The summed E-state index contributed by atoms with van der Waals surface area (Å²) in [5.41, 5.74) is 29.0. The summed E-state index contributed by atoms with van der Waals surface area (Å²) >= 11 is 0. The molecule has 0 saturated carbocycles. The topological polar surface area (TPSA) is 419 Å². The summed E-state index contributed by atoms with van der Waals surface area (Å²) in [6, 6.07) is 8.00. The molecule has 2 aromatic carbocycles. The number of nitrogens with zero attached hydrogens (tertiary/aromatic N) is 5. The second kappa shape index (κ2) is 34.1. The Balaban J connectivity index is 0.00000711. The molecular weight excluding hydrogens is 1090 g/mol. The van der Waals surface area contributed by atoms with Crippen molar-refractivity contribution in [2.45, 2.75) is 125 Å². The lowest BCUT2D eigenvalue weighted by molar-refractivity contribution is -0.147. The summed E-state index contributed by atoms with van der Waals surface area (Å²) < 4.78 is 0. The van der Waals surface area contributed by atoms with Crippen molar-refractivity contribution in [3.8, 4) is 0 Å². The van der Waals surface area contributed by atoms with Gasteiger partial charge in [0.15, 0.2) is 11.9 Å². The Morgan fingerprint density at radius 1 is 0.570 bits per heavy atom. The number of aliphatic hydroxyl groups is 1. The Bertz CT molecular complexity index is 2420. The van der Waals surface area contributed by atoms with Gasteiger partial charge in [0.1, 0.15) is 42.3 Å². The van der Waals surface area contributed by atoms with Crippen LogP contribution in [0.2, 0.25) is 0 Å². The maximum Gasteiger partial charge on any atom is 0.326 e. The average molecular weight is 1170 g/mol. The number of carbonyl (C=O) groups is 9. The second-order valence-corrected chi connectivity index (χ2v) is 19.0. The molecule has 3 aliphatic heterocycles. The van der Waals surface area contributed by atoms with E-state index in [4.69, 9.17) is 28.7 Å². The SMILES string of the molecule is Cl.Cl.Cl.NC(N)=NCCC[C@H](NC(=O)[C@H](Cc1ccccc1)NC(=O)[C@@H]1CCCN1C(=O)[C@H](CO)NC(=O)[C@H](Cc1ccccc1)NC(=O)CNC(=O)[C@@H]1CCCN1C(=O)[C@@H]1CCCN1C(=O)[C@@H](N)CCCN=C(N)N)C(=O)O. The van der Waals surface area contributed by atoms with Crippen LogP contribution in [0.15, 0.2) is 70.6 Å². The maximum absolute atomic E-state index is 14.1. The van der Waals surface area contributed by atoms with E-state index in [0.29, 0.717) is 69.2 Å². The van der Waals surface area contributed by atoms with Crippen LogP contribution in [-0.4, -0.2) is 184 Å². The van der Waals surface area contributed by atoms with E-state index in [-0.39, 0.29) is 107 Å². The number of likely N-dealkylation sites (tertiary alicyclic amines) is 3. The largest absolute Gasteiger partial charge is 0.480 e. The molecule has 0 unspecified atom stereocenters. The van der Waals surface area contributed by atoms with Crippen LogP contribution < -0.4 is 55.3 Å². The van der Waals surface area contributed by atoms with Crippen molar-refractivity contribution in [1.82, 2.24) is 41.3 Å². The van der Waals surface area contributed by atoms with Crippen LogP contribution in [0, 0.1) is 0 Å². The highest BCUT2D eigenvalue weighted by molar-refractivity contribution is 5.98. The van der Waals surface area contributed by atoms with Gasteiger partial charge in [0.05, 0.1) is 19.2 Å². The van der Waals surface area contributed by atoms with Crippen LogP contribution in [0.25, 0.3) is 0 Å². The highest BCUT2D eigenvalue weighted by atomic mass is 35.5. The van der Waals surface area contributed by atoms with Gasteiger partial charge in [0, 0.05) is 45.6 Å². The first-order valence-electron chi connectivity index (χ1n) is 25.6. The third kappa shape index (κ3) is 20.6. The fraction of sp³-hybridized carbons (Fsp3) is 0.540. The molecule has 438 valence electrons. The first kappa shape index (κ1) is 68.1. The number of carbonyl (C=O) groups excluding carboxylic acids is 8. The first-order chi connectivity index (χ1) is 36.4. The lowest BCUT2D eigenvalue weighted by Gasteiger charge is -2.32. The molecule has 3 saturated heterocycles. The molecule has 0 aromatic heterocycles. The predicted octanol–water partition coefficient (Wildman–Crippen LogP) is -2.72. The minimum absolute atomic E-state index is 0. The van der Waals surface area contributed by atoms with Crippen molar-refractivity contribution in [3.63, 3.8) is 0 Å². The molecule has 29 heteroatoms. The van der Waals surface area contributed by atoms with Crippen molar-refractivity contribution in [2.75, 3.05) is 45.9 Å². The Kier molecular flexibility index (Phi) is 29.4. The van der Waals surface area contributed by atoms with E-state index in [9.17, 15) is 53.4 Å². The van der Waals surface area contributed by atoms with Crippen LogP contribution in [0.4, 0.5) is 0 Å². The van der Waals surface area contributed by atoms with Gasteiger partial charge in [-0.3, -0.25) is 48.3 Å². The predicted molar refractivity (Wildman–Crippen MR) is 299 cm³/mol. The Morgan fingerprint density at radius 3 is 1.53 bits per heavy atom. The second-order valence-electron chi connectivity index (χ2n) is 19.0. The highest BCUT2D eigenvalue weighted by Crippen LogP contribution is 2.26. The zero-order chi connectivity index (χ0) is 55.3. The summed E-state index contributed by atoms with van der Waals surface area (Å²) in [4.78, 5) is 134. The maximum atomic E-state index is 14.1.